The van der Waals surface area contributed by atoms with Gasteiger partial charge in [0.25, 0.3) is 0 Å². The minimum Gasteiger partial charge on any atom is -0.472 e. The fourth-order valence-corrected chi connectivity index (χ4v) is 6.37. The predicted octanol–water partition coefficient (Wildman–Crippen LogP) is 3.26. The van der Waals surface area contributed by atoms with Gasteiger partial charge in [0.15, 0.2) is 4.87 Å². The van der Waals surface area contributed by atoms with E-state index in [0.717, 1.165) is 29.2 Å². The Morgan fingerprint density at radius 3 is 2.20 bits per heavy atom. The number of aromatic nitrogens is 1. The third-order valence-corrected chi connectivity index (χ3v) is 8.41. The maximum Gasteiger partial charge on any atom is 0.417 e. The molecule has 2 aliphatic heterocycles. The van der Waals surface area contributed by atoms with Crippen molar-refractivity contribution in [3.05, 3.63) is 53.7 Å². The number of fused-ring (bicyclic) bond motifs is 1. The summed E-state index contributed by atoms with van der Waals surface area (Å²) < 4.78 is 110. The van der Waals surface area contributed by atoms with E-state index in [0.29, 0.717) is 18.3 Å². The first-order valence-electron chi connectivity index (χ1n) is 10.4. The Bertz CT molecular complexity index is 1200. The van der Waals surface area contributed by atoms with E-state index in [9.17, 15) is 39.6 Å². The highest BCUT2D eigenvalue weighted by Crippen LogP contribution is 2.41. The minimum absolute atomic E-state index is 0.0183. The Kier molecular flexibility index (Phi) is 6.24. The highest BCUT2D eigenvalue weighted by molar-refractivity contribution is 7.92. The average molecular weight is 523 g/mol. The van der Waals surface area contributed by atoms with Gasteiger partial charge in [-0.05, 0) is 30.3 Å². The van der Waals surface area contributed by atoms with E-state index >= 15 is 0 Å². The summed E-state index contributed by atoms with van der Waals surface area (Å²) in [4.78, 5) is 15.3. The molecule has 0 bridgehead atoms. The third-order valence-electron chi connectivity index (χ3n) is 5.99. The Labute approximate surface area is 196 Å². The minimum atomic E-state index is -4.66. The fourth-order valence-electron chi connectivity index (χ4n) is 4.27. The molecule has 0 saturated carbocycles. The number of nitrogens with one attached hydrogen (secondary N) is 1. The Hall–Kier alpha value is -2.87. The lowest BCUT2D eigenvalue weighted by Crippen LogP contribution is -2.56. The molecular formula is C21H19F6N3O4S. The second-order valence-electron chi connectivity index (χ2n) is 8.23. The first-order chi connectivity index (χ1) is 16.2. The van der Waals surface area contributed by atoms with Crippen LogP contribution in [-0.4, -0.2) is 54.8 Å². The number of ether oxygens (including phenoxy) is 1. The first kappa shape index (κ1) is 25.2. The molecule has 35 heavy (non-hydrogen) atoms. The molecule has 190 valence electrons. The van der Waals surface area contributed by atoms with Gasteiger partial charge >= 0.3 is 12.4 Å². The van der Waals surface area contributed by atoms with Gasteiger partial charge in [-0.2, -0.15) is 26.3 Å². The smallest absolute Gasteiger partial charge is 0.417 e. The number of alkyl halides is 6. The van der Waals surface area contributed by atoms with Crippen LogP contribution in [0.5, 0.6) is 5.88 Å². The molecule has 4 rings (SSSR count). The molecule has 0 radical (unpaired) electrons. The lowest BCUT2D eigenvalue weighted by Gasteiger charge is -2.35. The van der Waals surface area contributed by atoms with Crippen molar-refractivity contribution in [1.82, 2.24) is 15.2 Å². The number of nitrogens with zero attached hydrogens (tertiary/aromatic N) is 2. The number of hydrogen-bond acceptors (Lipinski definition) is 6. The zero-order valence-electron chi connectivity index (χ0n) is 17.9. The number of hydrogen-bond donors (Lipinski definition) is 1. The van der Waals surface area contributed by atoms with Crippen LogP contribution in [0, 0.1) is 0 Å². The van der Waals surface area contributed by atoms with Crippen LogP contribution in [0.25, 0.3) is 0 Å². The van der Waals surface area contributed by atoms with Crippen molar-refractivity contribution in [2.75, 3.05) is 19.6 Å². The maximum atomic E-state index is 13.7. The number of carbonyl (C=O) groups is 1. The maximum absolute atomic E-state index is 13.7. The van der Waals surface area contributed by atoms with Crippen molar-refractivity contribution in [2.24, 2.45) is 0 Å². The summed E-state index contributed by atoms with van der Waals surface area (Å²) in [6.07, 6.45) is -9.91. The van der Waals surface area contributed by atoms with Crippen LogP contribution in [0.1, 0.15) is 24.0 Å². The largest absolute Gasteiger partial charge is 0.472 e. The van der Waals surface area contributed by atoms with E-state index < -0.39 is 55.1 Å². The van der Waals surface area contributed by atoms with E-state index in [1.54, 1.807) is 0 Å². The fraction of sp³-hybridized carbons (Fsp3) is 0.429. The molecular weight excluding hydrogens is 504 g/mol. The second-order valence-corrected chi connectivity index (χ2v) is 10.5. The third kappa shape index (κ3) is 4.68. The van der Waals surface area contributed by atoms with Crippen molar-refractivity contribution in [3.8, 4) is 5.88 Å². The predicted molar refractivity (Wildman–Crippen MR) is 109 cm³/mol. The van der Waals surface area contributed by atoms with Gasteiger partial charge in [-0.25, -0.2) is 13.4 Å². The van der Waals surface area contributed by atoms with Crippen LogP contribution in [0.4, 0.5) is 26.3 Å². The van der Waals surface area contributed by atoms with Gasteiger partial charge < -0.3 is 15.0 Å². The number of rotatable bonds is 4. The van der Waals surface area contributed by atoms with Crippen molar-refractivity contribution < 1.29 is 44.3 Å². The van der Waals surface area contributed by atoms with Crippen molar-refractivity contribution in [2.45, 2.75) is 41.1 Å². The van der Waals surface area contributed by atoms with Crippen molar-refractivity contribution in [3.63, 3.8) is 0 Å². The van der Waals surface area contributed by atoms with Crippen molar-refractivity contribution in [1.29, 1.82) is 0 Å². The lowest BCUT2D eigenvalue weighted by molar-refractivity contribution is -0.138. The van der Waals surface area contributed by atoms with Crippen molar-refractivity contribution >= 4 is 15.7 Å². The Morgan fingerprint density at radius 2 is 1.63 bits per heavy atom. The highest BCUT2D eigenvalue weighted by Gasteiger charge is 2.58. The molecule has 0 spiro atoms. The molecule has 2 aliphatic rings. The van der Waals surface area contributed by atoms with E-state index in [-0.39, 0.29) is 38.4 Å². The highest BCUT2D eigenvalue weighted by atomic mass is 32.2. The average Bonchev–Trinajstić information content (AvgIpc) is 3.08. The van der Waals surface area contributed by atoms with E-state index in [1.165, 1.54) is 0 Å². The zero-order chi connectivity index (χ0) is 25.6. The van der Waals surface area contributed by atoms with Crippen LogP contribution in [0.15, 0.2) is 47.5 Å². The van der Waals surface area contributed by atoms with Crippen LogP contribution < -0.4 is 10.1 Å². The molecule has 0 aliphatic carbocycles. The number of carbonyl (C=O) groups excluding carboxylic acids is 1. The molecule has 2 fully saturated rings. The first-order valence-corrected chi connectivity index (χ1v) is 11.9. The molecule has 1 aromatic heterocycles. The molecule has 2 aromatic rings. The van der Waals surface area contributed by atoms with Crippen LogP contribution >= 0.6 is 0 Å². The van der Waals surface area contributed by atoms with Gasteiger partial charge in [0.2, 0.25) is 21.6 Å². The summed E-state index contributed by atoms with van der Waals surface area (Å²) in [7, 11) is -4.40. The standard InChI is InChI=1S/C21H19F6N3O4S/c22-20(23,24)13-1-4-16(5-2-13)35(32,33)19-9-15(11-30(19)18(31)7-8-28-12-19)34-17-6-3-14(10-29-17)21(25,26)27/h1-6,10,15,28H,7-9,11-12H2/t15-,19+/m1/s1. The van der Waals surface area contributed by atoms with Gasteiger partial charge in [0.05, 0.1) is 22.6 Å². The molecule has 3 heterocycles. The molecule has 1 N–H and O–H groups in total. The number of benzene rings is 1. The number of amides is 1. The Morgan fingerprint density at radius 1 is 1.00 bits per heavy atom. The molecule has 2 saturated heterocycles. The van der Waals surface area contributed by atoms with Crippen LogP contribution in [-0.2, 0) is 27.0 Å². The summed E-state index contributed by atoms with van der Waals surface area (Å²) >= 11 is 0. The van der Waals surface area contributed by atoms with Gasteiger partial charge in [-0.1, -0.05) is 0 Å². The second kappa shape index (κ2) is 8.66. The molecule has 2 atom stereocenters. The van der Waals surface area contributed by atoms with Gasteiger partial charge in [-0.3, -0.25) is 4.79 Å². The van der Waals surface area contributed by atoms with E-state index in [2.05, 4.69) is 10.3 Å². The lowest BCUT2D eigenvalue weighted by atomic mass is 10.2. The summed E-state index contributed by atoms with van der Waals surface area (Å²) in [6, 6.07) is 4.72. The summed E-state index contributed by atoms with van der Waals surface area (Å²) in [6.45, 7) is -0.197. The molecule has 14 heteroatoms. The molecule has 1 amide bonds. The molecule has 1 aromatic carbocycles. The van der Waals surface area contributed by atoms with Crippen LogP contribution in [0.2, 0.25) is 0 Å². The monoisotopic (exact) mass is 523 g/mol. The number of pyridine rings is 1. The quantitative estimate of drug-likeness (QED) is 0.620. The van der Waals surface area contributed by atoms with Gasteiger partial charge in [-0.15, -0.1) is 0 Å². The summed E-state index contributed by atoms with van der Waals surface area (Å²) in [5.41, 5.74) is -2.02. The van der Waals surface area contributed by atoms with Gasteiger partial charge in [0.1, 0.15) is 6.10 Å². The topological polar surface area (TPSA) is 88.6 Å². The summed E-state index contributed by atoms with van der Waals surface area (Å²) in [5, 5.41) is 2.89. The normalized spacial score (nSPS) is 23.7. The zero-order valence-corrected chi connectivity index (χ0v) is 18.7. The van der Waals surface area contributed by atoms with Gasteiger partial charge in [0, 0.05) is 38.2 Å². The molecule has 7 nitrogen and oxygen atoms in total. The SMILES string of the molecule is O=C1CCNC[C@@]2(S(=O)(=O)c3ccc(C(F)(F)F)cc3)C[C@@H](Oc3ccc(C(F)(F)F)cn3)CN12. The van der Waals surface area contributed by atoms with Crippen LogP contribution in [0.3, 0.4) is 0 Å². The molecule has 0 unspecified atom stereocenters. The van der Waals surface area contributed by atoms with E-state index in [4.69, 9.17) is 4.74 Å². The number of sulfone groups is 1. The summed E-state index contributed by atoms with van der Waals surface area (Å²) in [5.74, 6) is -0.694. The Balaban J connectivity index is 1.66. The van der Waals surface area contributed by atoms with E-state index in [1.807, 2.05) is 0 Å². The number of halogens is 6.